The molecule has 2 bridgehead atoms. The van der Waals surface area contributed by atoms with Crippen LogP contribution in [0.3, 0.4) is 0 Å². The van der Waals surface area contributed by atoms with Gasteiger partial charge < -0.3 is 24.7 Å². The molecule has 2 saturated heterocycles. The average molecular weight is 451 g/mol. The third kappa shape index (κ3) is 4.22. The Kier molecular flexibility index (Phi) is 5.61. The number of fused-ring (bicyclic) bond motifs is 3. The van der Waals surface area contributed by atoms with E-state index in [-0.39, 0.29) is 17.4 Å². The first-order chi connectivity index (χ1) is 15.9. The van der Waals surface area contributed by atoms with Crippen LogP contribution in [0.15, 0.2) is 18.6 Å². The summed E-state index contributed by atoms with van der Waals surface area (Å²) in [5.41, 5.74) is 2.66. The number of hydrogen-bond donors (Lipinski definition) is 2. The van der Waals surface area contributed by atoms with Gasteiger partial charge in [-0.05, 0) is 46.5 Å². The fourth-order valence-electron chi connectivity index (χ4n) is 4.95. The summed E-state index contributed by atoms with van der Waals surface area (Å²) in [6, 6.07) is 1.51. The first kappa shape index (κ1) is 21.6. The molecule has 3 aromatic heterocycles. The summed E-state index contributed by atoms with van der Waals surface area (Å²) in [6.45, 7) is 6.06. The number of carbonyl (C=O) groups is 1. The van der Waals surface area contributed by atoms with Gasteiger partial charge in [0, 0.05) is 37.6 Å². The quantitative estimate of drug-likeness (QED) is 0.590. The number of hydrogen-bond acceptors (Lipinski definition) is 8. The molecule has 33 heavy (non-hydrogen) atoms. The molecule has 3 atom stereocenters. The van der Waals surface area contributed by atoms with Crippen molar-refractivity contribution in [2.45, 2.75) is 64.6 Å². The third-order valence-electron chi connectivity index (χ3n) is 6.55. The Labute approximate surface area is 192 Å². The second-order valence-corrected chi connectivity index (χ2v) is 8.97. The summed E-state index contributed by atoms with van der Waals surface area (Å²) in [7, 11) is 2.02. The van der Waals surface area contributed by atoms with Crippen LogP contribution in [0.25, 0.3) is 5.65 Å². The number of rotatable bonds is 6. The first-order valence-corrected chi connectivity index (χ1v) is 11.5. The number of aryl methyl sites for hydroxylation is 2. The zero-order valence-corrected chi connectivity index (χ0v) is 19.5. The second-order valence-electron chi connectivity index (χ2n) is 8.97. The standard InChI is InChI=1S/C23H30N8O2/c1-5-33-22-18(21(32)28-19-12-31-11-13(2)25-20(31)14(3)26-19)10-24-23(29-22)30(4)17-8-15-6-7-16(9-17)27-15/h10-12,15-17,27H,5-9H2,1-4H3,(H,28,32)/t15-,16+,17?. The van der Waals surface area contributed by atoms with Gasteiger partial charge in [-0.15, -0.1) is 0 Å². The van der Waals surface area contributed by atoms with Gasteiger partial charge in [-0.2, -0.15) is 4.98 Å². The van der Waals surface area contributed by atoms with Gasteiger partial charge in [0.25, 0.3) is 5.91 Å². The molecule has 0 radical (unpaired) electrons. The van der Waals surface area contributed by atoms with Crippen molar-refractivity contribution in [1.29, 1.82) is 0 Å². The van der Waals surface area contributed by atoms with E-state index in [2.05, 4.69) is 35.5 Å². The highest BCUT2D eigenvalue weighted by Gasteiger charge is 2.36. The van der Waals surface area contributed by atoms with Gasteiger partial charge in [-0.3, -0.25) is 4.79 Å². The minimum Gasteiger partial charge on any atom is -0.477 e. The van der Waals surface area contributed by atoms with Crippen molar-refractivity contribution in [3.63, 3.8) is 0 Å². The highest BCUT2D eigenvalue weighted by molar-refractivity contribution is 6.05. The fraction of sp³-hybridized carbons (Fsp3) is 0.522. The van der Waals surface area contributed by atoms with Crippen LogP contribution in [0, 0.1) is 13.8 Å². The Bertz CT molecular complexity index is 1180. The Morgan fingerprint density at radius 2 is 1.97 bits per heavy atom. The van der Waals surface area contributed by atoms with Crippen LogP contribution >= 0.6 is 0 Å². The predicted molar refractivity (Wildman–Crippen MR) is 125 cm³/mol. The van der Waals surface area contributed by atoms with Crippen LogP contribution in [0.4, 0.5) is 11.8 Å². The maximum atomic E-state index is 13.1. The summed E-state index contributed by atoms with van der Waals surface area (Å²) in [6.07, 6.45) is 9.80. The van der Waals surface area contributed by atoms with Crippen molar-refractivity contribution >= 4 is 23.3 Å². The van der Waals surface area contributed by atoms with Gasteiger partial charge in [0.1, 0.15) is 11.4 Å². The van der Waals surface area contributed by atoms with Crippen molar-refractivity contribution in [2.24, 2.45) is 0 Å². The van der Waals surface area contributed by atoms with E-state index in [0.29, 0.717) is 36.5 Å². The van der Waals surface area contributed by atoms with Crippen LogP contribution in [-0.2, 0) is 0 Å². The lowest BCUT2D eigenvalue weighted by Gasteiger charge is -2.35. The van der Waals surface area contributed by atoms with Crippen molar-refractivity contribution < 1.29 is 9.53 Å². The monoisotopic (exact) mass is 450 g/mol. The van der Waals surface area contributed by atoms with Crippen LogP contribution in [-0.4, -0.2) is 62.0 Å². The molecular formula is C23H30N8O2. The summed E-state index contributed by atoms with van der Waals surface area (Å²) in [5, 5.41) is 6.52. The Morgan fingerprint density at radius 1 is 1.21 bits per heavy atom. The van der Waals surface area contributed by atoms with Crippen LogP contribution in [0.1, 0.15) is 54.4 Å². The minimum atomic E-state index is -0.365. The normalized spacial score (nSPS) is 21.9. The molecule has 0 aliphatic carbocycles. The summed E-state index contributed by atoms with van der Waals surface area (Å²) in [5.74, 6) is 0.914. The zero-order chi connectivity index (χ0) is 23.1. The van der Waals surface area contributed by atoms with E-state index in [1.54, 1.807) is 12.4 Å². The van der Waals surface area contributed by atoms with Gasteiger partial charge in [0.05, 0.1) is 24.2 Å². The molecule has 174 valence electrons. The van der Waals surface area contributed by atoms with E-state index in [1.165, 1.54) is 12.8 Å². The molecule has 0 saturated carbocycles. The molecule has 0 spiro atoms. The number of carbonyl (C=O) groups excluding carboxylic acids is 1. The van der Waals surface area contributed by atoms with Gasteiger partial charge in [-0.1, -0.05) is 0 Å². The van der Waals surface area contributed by atoms with Crippen LogP contribution in [0.2, 0.25) is 0 Å². The Hall–Kier alpha value is -3.27. The van der Waals surface area contributed by atoms with E-state index in [9.17, 15) is 4.79 Å². The van der Waals surface area contributed by atoms with E-state index in [1.807, 2.05) is 38.4 Å². The molecule has 2 fully saturated rings. The number of piperidine rings is 1. The molecule has 2 aliphatic heterocycles. The number of anilines is 2. The van der Waals surface area contributed by atoms with Gasteiger partial charge in [0.15, 0.2) is 5.65 Å². The van der Waals surface area contributed by atoms with E-state index in [4.69, 9.17) is 4.74 Å². The van der Waals surface area contributed by atoms with Gasteiger partial charge in [0.2, 0.25) is 11.8 Å². The lowest BCUT2D eigenvalue weighted by atomic mass is 9.99. The highest BCUT2D eigenvalue weighted by Crippen LogP contribution is 2.31. The lowest BCUT2D eigenvalue weighted by molar-refractivity contribution is 0.102. The smallest absolute Gasteiger partial charge is 0.263 e. The molecule has 1 unspecified atom stereocenters. The molecule has 3 aromatic rings. The van der Waals surface area contributed by atoms with Crippen molar-refractivity contribution in [1.82, 2.24) is 29.7 Å². The largest absolute Gasteiger partial charge is 0.477 e. The molecule has 10 heteroatoms. The molecule has 5 rings (SSSR count). The second kappa shape index (κ2) is 8.58. The SMILES string of the molecule is CCOc1nc(N(C)C2C[C@H]3CC[C@@H](C2)N3)ncc1C(=O)Nc1cn2cc(C)nc2c(C)n1. The molecule has 5 heterocycles. The Morgan fingerprint density at radius 3 is 2.70 bits per heavy atom. The fourth-order valence-corrected chi connectivity index (χ4v) is 4.95. The minimum absolute atomic E-state index is 0.278. The van der Waals surface area contributed by atoms with E-state index in [0.717, 1.165) is 29.9 Å². The van der Waals surface area contributed by atoms with Crippen LogP contribution in [0.5, 0.6) is 5.88 Å². The maximum Gasteiger partial charge on any atom is 0.263 e. The van der Waals surface area contributed by atoms with Crippen molar-refractivity contribution in [2.75, 3.05) is 23.9 Å². The van der Waals surface area contributed by atoms with Crippen molar-refractivity contribution in [3.05, 3.63) is 35.5 Å². The highest BCUT2D eigenvalue weighted by atomic mass is 16.5. The molecule has 1 amide bonds. The maximum absolute atomic E-state index is 13.1. The zero-order valence-electron chi connectivity index (χ0n) is 19.5. The number of amides is 1. The average Bonchev–Trinajstić information content (AvgIpc) is 3.33. The number of nitrogens with one attached hydrogen (secondary N) is 2. The van der Waals surface area contributed by atoms with E-state index < -0.39 is 0 Å². The lowest BCUT2D eigenvalue weighted by Crippen LogP contribution is -2.47. The first-order valence-electron chi connectivity index (χ1n) is 11.5. The van der Waals surface area contributed by atoms with Gasteiger partial charge in [-0.25, -0.2) is 15.0 Å². The molecule has 2 aliphatic rings. The summed E-state index contributed by atoms with van der Waals surface area (Å²) >= 11 is 0. The molecule has 10 nitrogen and oxygen atoms in total. The Balaban J connectivity index is 1.38. The van der Waals surface area contributed by atoms with Crippen molar-refractivity contribution in [3.8, 4) is 5.88 Å². The molecule has 2 N–H and O–H groups in total. The topological polar surface area (TPSA) is 110 Å². The summed E-state index contributed by atoms with van der Waals surface area (Å²) < 4.78 is 7.60. The number of ether oxygens (including phenoxy) is 1. The molecule has 0 aromatic carbocycles. The predicted octanol–water partition coefficient (Wildman–Crippen LogP) is 2.51. The molecular weight excluding hydrogens is 420 g/mol. The van der Waals surface area contributed by atoms with E-state index >= 15 is 0 Å². The number of aromatic nitrogens is 5. The van der Waals surface area contributed by atoms with Crippen LogP contribution < -0.4 is 20.3 Å². The summed E-state index contributed by atoms with van der Waals surface area (Å²) in [4.78, 5) is 33.3. The number of nitrogens with zero attached hydrogens (tertiary/aromatic N) is 6. The number of imidazole rings is 1. The van der Waals surface area contributed by atoms with Gasteiger partial charge >= 0.3 is 0 Å². The third-order valence-corrected chi connectivity index (χ3v) is 6.55.